The van der Waals surface area contributed by atoms with Gasteiger partial charge in [-0.2, -0.15) is 0 Å². The molecule has 2 aromatic rings. The highest BCUT2D eigenvalue weighted by molar-refractivity contribution is 5.72. The molecule has 0 fully saturated rings. The third-order valence-corrected chi connectivity index (χ3v) is 3.35. The molecule has 0 amide bonds. The highest BCUT2D eigenvalue weighted by Crippen LogP contribution is 2.31. The molecule has 0 aliphatic carbocycles. The number of carbonyl (C=O) groups is 1. The Kier molecular flexibility index (Phi) is 3.01. The zero-order chi connectivity index (χ0) is 13.2. The van der Waals surface area contributed by atoms with Crippen molar-refractivity contribution in [2.24, 2.45) is 0 Å². The van der Waals surface area contributed by atoms with E-state index in [4.69, 9.17) is 0 Å². The van der Waals surface area contributed by atoms with E-state index in [1.165, 1.54) is 5.56 Å². The number of fused-ring (bicyclic) bond motifs is 1. The number of nitrogens with zero attached hydrogens (tertiary/aromatic N) is 1. The summed E-state index contributed by atoms with van der Waals surface area (Å²) < 4.78 is 0. The second-order valence-electron chi connectivity index (χ2n) is 4.72. The SMILES string of the molecule is Cc1ccc(Nc2nccc3c2C(C=O)NC3)cc1. The Morgan fingerprint density at radius 2 is 2.11 bits per heavy atom. The van der Waals surface area contributed by atoms with Crippen molar-refractivity contribution in [3.63, 3.8) is 0 Å². The number of benzene rings is 1. The molecule has 1 aliphatic heterocycles. The Labute approximate surface area is 111 Å². The van der Waals surface area contributed by atoms with Crippen molar-refractivity contribution >= 4 is 17.8 Å². The van der Waals surface area contributed by atoms with Gasteiger partial charge in [-0.1, -0.05) is 17.7 Å². The molecule has 1 aromatic heterocycles. The van der Waals surface area contributed by atoms with E-state index < -0.39 is 0 Å². The molecular formula is C15H15N3O. The number of aromatic nitrogens is 1. The maximum Gasteiger partial charge on any atom is 0.141 e. The van der Waals surface area contributed by atoms with E-state index in [0.717, 1.165) is 28.9 Å². The van der Waals surface area contributed by atoms with Crippen LogP contribution in [-0.2, 0) is 11.3 Å². The molecule has 0 saturated heterocycles. The molecule has 0 saturated carbocycles. The number of hydrogen-bond acceptors (Lipinski definition) is 4. The van der Waals surface area contributed by atoms with Gasteiger partial charge in [0.2, 0.25) is 0 Å². The molecule has 3 rings (SSSR count). The van der Waals surface area contributed by atoms with Crippen molar-refractivity contribution in [2.45, 2.75) is 19.5 Å². The van der Waals surface area contributed by atoms with Gasteiger partial charge in [0.1, 0.15) is 12.1 Å². The smallest absolute Gasteiger partial charge is 0.141 e. The van der Waals surface area contributed by atoms with Crippen LogP contribution in [0.15, 0.2) is 36.5 Å². The fourth-order valence-electron chi connectivity index (χ4n) is 2.33. The van der Waals surface area contributed by atoms with E-state index in [1.807, 2.05) is 30.3 Å². The zero-order valence-corrected chi connectivity index (χ0v) is 10.7. The van der Waals surface area contributed by atoms with E-state index in [2.05, 4.69) is 22.5 Å². The second kappa shape index (κ2) is 4.82. The summed E-state index contributed by atoms with van der Waals surface area (Å²) in [6.07, 6.45) is 2.69. The molecule has 2 heterocycles. The van der Waals surface area contributed by atoms with Crippen molar-refractivity contribution < 1.29 is 4.79 Å². The Balaban J connectivity index is 1.96. The second-order valence-corrected chi connectivity index (χ2v) is 4.72. The lowest BCUT2D eigenvalue weighted by molar-refractivity contribution is -0.109. The maximum absolute atomic E-state index is 11.1. The number of rotatable bonds is 3. The highest BCUT2D eigenvalue weighted by Gasteiger charge is 2.25. The third kappa shape index (κ3) is 2.22. The number of carbonyl (C=O) groups excluding carboxylic acids is 1. The summed E-state index contributed by atoms with van der Waals surface area (Å²) >= 11 is 0. The Hall–Kier alpha value is -2.20. The molecule has 96 valence electrons. The topological polar surface area (TPSA) is 54.0 Å². The average molecular weight is 253 g/mol. The van der Waals surface area contributed by atoms with Crippen LogP contribution < -0.4 is 10.6 Å². The standard InChI is InChI=1S/C15H15N3O/c1-10-2-4-12(5-3-10)18-15-14-11(6-7-16-15)8-17-13(14)9-19/h2-7,9,13,17H,8H2,1H3,(H,16,18). The minimum Gasteiger partial charge on any atom is -0.340 e. The Morgan fingerprint density at radius 3 is 2.84 bits per heavy atom. The fraction of sp³-hybridized carbons (Fsp3) is 0.200. The Morgan fingerprint density at radius 1 is 1.32 bits per heavy atom. The van der Waals surface area contributed by atoms with Crippen LogP contribution >= 0.6 is 0 Å². The lowest BCUT2D eigenvalue weighted by Gasteiger charge is -2.12. The molecule has 1 aliphatic rings. The van der Waals surface area contributed by atoms with Gasteiger partial charge in [-0.15, -0.1) is 0 Å². The molecule has 1 atom stereocenters. The quantitative estimate of drug-likeness (QED) is 0.825. The minimum atomic E-state index is -0.267. The molecule has 4 nitrogen and oxygen atoms in total. The summed E-state index contributed by atoms with van der Waals surface area (Å²) in [5, 5.41) is 6.44. The van der Waals surface area contributed by atoms with Gasteiger partial charge in [0.15, 0.2) is 0 Å². The lowest BCUT2D eigenvalue weighted by Crippen LogP contribution is -2.14. The largest absolute Gasteiger partial charge is 0.340 e. The van der Waals surface area contributed by atoms with Gasteiger partial charge in [-0.3, -0.25) is 5.32 Å². The highest BCUT2D eigenvalue weighted by atomic mass is 16.1. The zero-order valence-electron chi connectivity index (χ0n) is 10.7. The van der Waals surface area contributed by atoms with Crippen LogP contribution in [0.1, 0.15) is 22.7 Å². The van der Waals surface area contributed by atoms with E-state index in [9.17, 15) is 4.79 Å². The molecular weight excluding hydrogens is 238 g/mol. The molecule has 0 spiro atoms. The van der Waals surface area contributed by atoms with Crippen molar-refractivity contribution in [1.29, 1.82) is 0 Å². The number of nitrogens with one attached hydrogen (secondary N) is 2. The predicted molar refractivity (Wildman–Crippen MR) is 74.3 cm³/mol. The van der Waals surface area contributed by atoms with Crippen LogP contribution in [0.25, 0.3) is 0 Å². The van der Waals surface area contributed by atoms with Gasteiger partial charge >= 0.3 is 0 Å². The number of hydrogen-bond donors (Lipinski definition) is 2. The molecule has 1 aromatic carbocycles. The maximum atomic E-state index is 11.1. The van der Waals surface area contributed by atoms with Crippen LogP contribution in [0.4, 0.5) is 11.5 Å². The number of aldehydes is 1. The van der Waals surface area contributed by atoms with Gasteiger partial charge in [0.25, 0.3) is 0 Å². The molecule has 4 heteroatoms. The predicted octanol–water partition coefficient (Wildman–Crippen LogP) is 2.48. The van der Waals surface area contributed by atoms with Crippen molar-refractivity contribution in [3.05, 3.63) is 53.2 Å². The number of pyridine rings is 1. The molecule has 0 radical (unpaired) electrons. The monoisotopic (exact) mass is 253 g/mol. The first-order valence-corrected chi connectivity index (χ1v) is 6.28. The summed E-state index contributed by atoms with van der Waals surface area (Å²) in [6, 6.07) is 9.79. The first-order chi connectivity index (χ1) is 9.28. The third-order valence-electron chi connectivity index (χ3n) is 3.35. The van der Waals surface area contributed by atoms with E-state index in [1.54, 1.807) is 6.20 Å². The first-order valence-electron chi connectivity index (χ1n) is 6.28. The average Bonchev–Trinajstić information content (AvgIpc) is 2.85. The van der Waals surface area contributed by atoms with Crippen molar-refractivity contribution in [1.82, 2.24) is 10.3 Å². The van der Waals surface area contributed by atoms with Gasteiger partial charge < -0.3 is 10.1 Å². The van der Waals surface area contributed by atoms with Gasteiger partial charge in [-0.25, -0.2) is 4.98 Å². The van der Waals surface area contributed by atoms with Crippen molar-refractivity contribution in [2.75, 3.05) is 5.32 Å². The van der Waals surface area contributed by atoms with E-state index >= 15 is 0 Å². The van der Waals surface area contributed by atoms with Gasteiger partial charge in [0.05, 0.1) is 6.04 Å². The van der Waals surface area contributed by atoms with E-state index in [0.29, 0.717) is 6.54 Å². The van der Waals surface area contributed by atoms with Gasteiger partial charge in [0, 0.05) is 24.0 Å². The molecule has 0 bridgehead atoms. The van der Waals surface area contributed by atoms with Gasteiger partial charge in [-0.05, 0) is 30.7 Å². The number of aryl methyl sites for hydroxylation is 1. The van der Waals surface area contributed by atoms with Crippen LogP contribution in [0.5, 0.6) is 0 Å². The summed E-state index contributed by atoms with van der Waals surface area (Å²) in [5.74, 6) is 0.753. The minimum absolute atomic E-state index is 0.267. The van der Waals surface area contributed by atoms with Crippen molar-refractivity contribution in [3.8, 4) is 0 Å². The summed E-state index contributed by atoms with van der Waals surface area (Å²) in [5.41, 5.74) is 4.27. The summed E-state index contributed by atoms with van der Waals surface area (Å²) in [7, 11) is 0. The van der Waals surface area contributed by atoms with Crippen LogP contribution in [0, 0.1) is 6.92 Å². The normalized spacial score (nSPS) is 17.0. The fourth-order valence-corrected chi connectivity index (χ4v) is 2.33. The van der Waals surface area contributed by atoms with Crippen LogP contribution in [0.3, 0.4) is 0 Å². The molecule has 19 heavy (non-hydrogen) atoms. The Bertz CT molecular complexity index is 607. The first kappa shape index (κ1) is 11.9. The lowest BCUT2D eigenvalue weighted by atomic mass is 10.1. The van der Waals surface area contributed by atoms with Crippen LogP contribution in [-0.4, -0.2) is 11.3 Å². The van der Waals surface area contributed by atoms with E-state index in [-0.39, 0.29) is 6.04 Å². The number of anilines is 2. The molecule has 2 N–H and O–H groups in total. The summed E-state index contributed by atoms with van der Waals surface area (Å²) in [6.45, 7) is 2.76. The summed E-state index contributed by atoms with van der Waals surface area (Å²) in [4.78, 5) is 15.5. The molecule has 1 unspecified atom stereocenters. The van der Waals surface area contributed by atoms with Crippen LogP contribution in [0.2, 0.25) is 0 Å².